The molecule has 144 valence electrons. The maximum Gasteiger partial charge on any atom is 0.129 e. The average Bonchev–Trinajstić information content (AvgIpc) is 2.76. The normalized spacial score (nSPS) is 15.4. The molecule has 0 amide bonds. The van der Waals surface area contributed by atoms with Crippen molar-refractivity contribution >= 4 is 52.0 Å². The summed E-state index contributed by atoms with van der Waals surface area (Å²) in [5.74, 6) is 1.62. The van der Waals surface area contributed by atoms with Crippen LogP contribution in [0.25, 0.3) is 21.8 Å². The number of thioether (sulfide) groups is 1. The second kappa shape index (κ2) is 7.17. The Morgan fingerprint density at radius 3 is 2.52 bits per heavy atom. The number of hydrogen-bond acceptors (Lipinski definition) is 6. The molecule has 7 heteroatoms. The number of rotatable bonds is 3. The summed E-state index contributed by atoms with van der Waals surface area (Å²) in [6.45, 7) is 0. The number of pyridine rings is 2. The Morgan fingerprint density at radius 2 is 1.72 bits per heavy atom. The van der Waals surface area contributed by atoms with Crippen molar-refractivity contribution in [3.8, 4) is 11.5 Å². The van der Waals surface area contributed by atoms with Gasteiger partial charge < -0.3 is 14.5 Å². The number of fused-ring (bicyclic) bond motifs is 3. The van der Waals surface area contributed by atoms with Gasteiger partial charge in [-0.3, -0.25) is 4.99 Å². The maximum atomic E-state index is 5.62. The Bertz CT molecular complexity index is 1350. The molecule has 0 fully saturated rings. The molecule has 0 aliphatic carbocycles. The van der Waals surface area contributed by atoms with Crippen molar-refractivity contribution in [1.29, 1.82) is 0 Å². The number of aromatic amines is 1. The van der Waals surface area contributed by atoms with Gasteiger partial charge in [-0.15, -0.1) is 0 Å². The van der Waals surface area contributed by atoms with Gasteiger partial charge in [-0.25, -0.2) is 4.98 Å². The van der Waals surface area contributed by atoms with Gasteiger partial charge >= 0.3 is 0 Å². The van der Waals surface area contributed by atoms with E-state index >= 15 is 0 Å². The van der Waals surface area contributed by atoms with Crippen LogP contribution in [0.2, 0.25) is 0 Å². The smallest absolute Gasteiger partial charge is 0.129 e. The summed E-state index contributed by atoms with van der Waals surface area (Å²) in [6.07, 6.45) is 1.88. The first kappa shape index (κ1) is 18.1. The molecule has 3 heterocycles. The van der Waals surface area contributed by atoms with Gasteiger partial charge in [0.25, 0.3) is 0 Å². The summed E-state index contributed by atoms with van der Waals surface area (Å²) >= 11 is 7.23. The minimum Gasteiger partial charge on any atom is -0.497 e. The second-order valence-corrected chi connectivity index (χ2v) is 8.17. The van der Waals surface area contributed by atoms with Crippen LogP contribution in [0.4, 0.5) is 0 Å². The van der Waals surface area contributed by atoms with E-state index in [9.17, 15) is 0 Å². The highest BCUT2D eigenvalue weighted by Crippen LogP contribution is 2.41. The van der Waals surface area contributed by atoms with Gasteiger partial charge in [0.15, 0.2) is 0 Å². The van der Waals surface area contributed by atoms with Crippen LogP contribution in [0, 0.1) is 4.64 Å². The molecule has 0 saturated carbocycles. The molecule has 1 atom stereocenters. The van der Waals surface area contributed by atoms with Gasteiger partial charge in [-0.2, -0.15) is 0 Å². The molecule has 0 radical (unpaired) electrons. The van der Waals surface area contributed by atoms with Crippen molar-refractivity contribution in [2.75, 3.05) is 14.2 Å². The predicted octanol–water partition coefficient (Wildman–Crippen LogP) is 5.69. The van der Waals surface area contributed by atoms with E-state index in [4.69, 9.17) is 31.7 Å². The van der Waals surface area contributed by atoms with Crippen molar-refractivity contribution in [2.45, 2.75) is 10.4 Å². The third-order valence-corrected chi connectivity index (χ3v) is 6.42. The average molecular weight is 420 g/mol. The topological polar surface area (TPSA) is 59.5 Å². The molecule has 5 nitrogen and oxygen atoms in total. The SMILES string of the molecule is COc1ccc2nc3c(cc2c1)C=NC(c1cc2cc(OC)ccc2[nH]c1=S)S3. The van der Waals surface area contributed by atoms with Gasteiger partial charge in [0, 0.05) is 33.6 Å². The number of nitrogens with zero attached hydrogens (tertiary/aromatic N) is 2. The Balaban J connectivity index is 1.56. The van der Waals surface area contributed by atoms with Crippen LogP contribution in [-0.2, 0) is 0 Å². The van der Waals surface area contributed by atoms with Gasteiger partial charge in [-0.1, -0.05) is 24.0 Å². The van der Waals surface area contributed by atoms with Crippen molar-refractivity contribution in [1.82, 2.24) is 9.97 Å². The predicted molar refractivity (Wildman–Crippen MR) is 120 cm³/mol. The van der Waals surface area contributed by atoms with Crippen LogP contribution in [-0.4, -0.2) is 30.4 Å². The molecule has 4 aromatic rings. The van der Waals surface area contributed by atoms with Crippen LogP contribution >= 0.6 is 24.0 Å². The first-order valence-electron chi connectivity index (χ1n) is 9.04. The van der Waals surface area contributed by atoms with Crippen LogP contribution in [0.15, 0.2) is 58.5 Å². The van der Waals surface area contributed by atoms with Crippen molar-refractivity contribution in [2.24, 2.45) is 4.99 Å². The number of methoxy groups -OCH3 is 2. The fourth-order valence-electron chi connectivity index (χ4n) is 3.41. The summed E-state index contributed by atoms with van der Waals surface area (Å²) in [4.78, 5) is 12.9. The summed E-state index contributed by atoms with van der Waals surface area (Å²) in [6, 6.07) is 16.0. The number of aliphatic imine (C=N–C) groups is 1. The van der Waals surface area contributed by atoms with Crippen molar-refractivity contribution < 1.29 is 9.47 Å². The zero-order chi connectivity index (χ0) is 20.0. The van der Waals surface area contributed by atoms with Gasteiger partial charge in [0.05, 0.1) is 19.7 Å². The number of ether oxygens (including phenoxy) is 2. The number of benzene rings is 2. The van der Waals surface area contributed by atoms with Gasteiger partial charge in [0.1, 0.15) is 26.5 Å². The Kier molecular flexibility index (Phi) is 4.49. The zero-order valence-electron chi connectivity index (χ0n) is 15.8. The fourth-order valence-corrected chi connectivity index (χ4v) is 4.81. The Morgan fingerprint density at radius 1 is 0.966 bits per heavy atom. The molecule has 1 unspecified atom stereocenters. The van der Waals surface area contributed by atoms with E-state index < -0.39 is 0 Å². The number of nitrogens with one attached hydrogen (secondary N) is 1. The summed E-state index contributed by atoms with van der Waals surface area (Å²) in [5, 5.41) is 2.87. The minimum absolute atomic E-state index is 0.148. The highest BCUT2D eigenvalue weighted by molar-refractivity contribution is 7.99. The lowest BCUT2D eigenvalue weighted by atomic mass is 10.1. The van der Waals surface area contributed by atoms with E-state index in [1.54, 1.807) is 26.0 Å². The monoisotopic (exact) mass is 419 g/mol. The molecule has 2 aromatic heterocycles. The summed E-state index contributed by atoms with van der Waals surface area (Å²) < 4.78 is 11.3. The van der Waals surface area contributed by atoms with Crippen LogP contribution < -0.4 is 9.47 Å². The lowest BCUT2D eigenvalue weighted by Crippen LogP contribution is -2.04. The number of H-pyrrole nitrogens is 1. The van der Waals surface area contributed by atoms with E-state index in [0.29, 0.717) is 4.64 Å². The number of hydrogen-bond donors (Lipinski definition) is 1. The fraction of sp³-hybridized carbons (Fsp3) is 0.136. The highest BCUT2D eigenvalue weighted by atomic mass is 32.2. The molecule has 1 aliphatic rings. The lowest BCUT2D eigenvalue weighted by Gasteiger charge is -2.19. The molecule has 0 spiro atoms. The van der Waals surface area contributed by atoms with Crippen LogP contribution in [0.1, 0.15) is 16.5 Å². The molecule has 5 rings (SSSR count). The van der Waals surface area contributed by atoms with Gasteiger partial charge in [0.2, 0.25) is 0 Å². The van der Waals surface area contributed by atoms with E-state index in [-0.39, 0.29) is 5.37 Å². The Labute approximate surface area is 176 Å². The third-order valence-electron chi connectivity index (χ3n) is 4.93. The first-order chi connectivity index (χ1) is 14.1. The zero-order valence-corrected chi connectivity index (χ0v) is 17.4. The lowest BCUT2D eigenvalue weighted by molar-refractivity contribution is 0.415. The van der Waals surface area contributed by atoms with E-state index in [1.165, 1.54) is 0 Å². The third kappa shape index (κ3) is 3.26. The highest BCUT2D eigenvalue weighted by Gasteiger charge is 2.21. The van der Waals surface area contributed by atoms with Crippen LogP contribution in [0.5, 0.6) is 11.5 Å². The summed E-state index contributed by atoms with van der Waals surface area (Å²) in [7, 11) is 3.33. The molecular formula is C22H17N3O2S2. The van der Waals surface area contributed by atoms with E-state index in [2.05, 4.69) is 17.1 Å². The molecule has 29 heavy (non-hydrogen) atoms. The molecular weight excluding hydrogens is 402 g/mol. The van der Waals surface area contributed by atoms with Crippen LogP contribution in [0.3, 0.4) is 0 Å². The standard InChI is InChI=1S/C22H17N3O2S2/c1-26-15-4-6-19-12(8-15)7-14-11-23-22(29-21(14)25-19)17-10-13-9-16(27-2)3-5-18(13)24-20(17)28/h3-11,22H,1-2H3,(H,24,28). The quantitative estimate of drug-likeness (QED) is 0.433. The molecule has 2 aromatic carbocycles. The minimum atomic E-state index is -0.148. The van der Waals surface area contributed by atoms with E-state index in [1.807, 2.05) is 42.6 Å². The second-order valence-electron chi connectivity index (χ2n) is 6.70. The number of aromatic nitrogens is 2. The first-order valence-corrected chi connectivity index (χ1v) is 10.3. The molecule has 1 N–H and O–H groups in total. The van der Waals surface area contributed by atoms with Crippen molar-refractivity contribution in [3.05, 3.63) is 64.3 Å². The van der Waals surface area contributed by atoms with Crippen molar-refractivity contribution in [3.63, 3.8) is 0 Å². The largest absolute Gasteiger partial charge is 0.497 e. The molecule has 1 aliphatic heterocycles. The Hall–Kier alpha value is -2.90. The molecule has 0 saturated heterocycles. The molecule has 0 bridgehead atoms. The maximum absolute atomic E-state index is 5.62. The van der Waals surface area contributed by atoms with E-state index in [0.717, 1.165) is 49.5 Å². The van der Waals surface area contributed by atoms with Gasteiger partial charge in [-0.05, 0) is 48.5 Å². The summed E-state index contributed by atoms with van der Waals surface area (Å²) in [5.41, 5.74) is 3.87.